The molecule has 8 nitrogen and oxygen atoms in total. The summed E-state index contributed by atoms with van der Waals surface area (Å²) in [6.07, 6.45) is 0.626. The first-order valence-corrected chi connectivity index (χ1v) is 17.2. The van der Waals surface area contributed by atoms with Gasteiger partial charge in [-0.25, -0.2) is 14.5 Å². The highest BCUT2D eigenvalue weighted by Crippen LogP contribution is 2.38. The lowest BCUT2D eigenvalue weighted by Crippen LogP contribution is -2.43. The van der Waals surface area contributed by atoms with Crippen molar-refractivity contribution in [3.63, 3.8) is 0 Å². The van der Waals surface area contributed by atoms with E-state index in [1.807, 2.05) is 24.3 Å². The molecular formula is C36H39F3N6O2S. The molecule has 1 aliphatic carbocycles. The van der Waals surface area contributed by atoms with Crippen LogP contribution < -0.4 is 15.0 Å². The van der Waals surface area contributed by atoms with Gasteiger partial charge in [-0.2, -0.15) is 4.99 Å². The average molecular weight is 677 g/mol. The SMILES string of the molecule is Cc1cccc(N2/C(=N/C(=O)NC3CCCC3c3ccc(-c4ncn(-c5ccc(OC(F)(F)F)cc5)n4)cc3)SCCC2C)c1C(C)C. The number of rotatable bonds is 7. The Morgan fingerprint density at radius 2 is 1.79 bits per heavy atom. The standard InChI is InChI=1S/C36H39F3N6O2S/c1-22(2)32-23(3)7-5-10-31(32)45-24(4)19-20-48-35(45)42-34(46)41-30-9-6-8-29(30)25-11-13-26(14-12-25)33-40-21-44(43-33)27-15-17-28(18-16-27)47-36(37,38)39/h5,7,10-18,21-22,24,29-30H,6,8-9,19-20H2,1-4H3,(H,41,46)/b42-35-. The Labute approximate surface area is 282 Å². The van der Waals surface area contributed by atoms with Crippen molar-refractivity contribution in [1.29, 1.82) is 0 Å². The number of aromatic nitrogens is 3. The summed E-state index contributed by atoms with van der Waals surface area (Å²) in [4.78, 5) is 24.7. The number of benzene rings is 3. The number of nitrogens with zero attached hydrogens (tertiary/aromatic N) is 5. The number of ether oxygens (including phenoxy) is 1. The van der Waals surface area contributed by atoms with Crippen LogP contribution in [0.2, 0.25) is 0 Å². The van der Waals surface area contributed by atoms with Crippen LogP contribution in [0.5, 0.6) is 5.75 Å². The molecule has 1 saturated heterocycles. The van der Waals surface area contributed by atoms with Crippen LogP contribution in [0, 0.1) is 6.92 Å². The van der Waals surface area contributed by atoms with Gasteiger partial charge in [0.15, 0.2) is 11.0 Å². The van der Waals surface area contributed by atoms with Crippen molar-refractivity contribution in [2.45, 2.75) is 83.7 Å². The normalized spacial score (nSPS) is 20.8. The lowest BCUT2D eigenvalue weighted by molar-refractivity contribution is -0.274. The van der Waals surface area contributed by atoms with Crippen molar-refractivity contribution in [3.05, 3.63) is 89.7 Å². The third-order valence-corrected chi connectivity index (χ3v) is 9.98. The maximum Gasteiger partial charge on any atom is 0.573 e. The van der Waals surface area contributed by atoms with E-state index in [0.29, 0.717) is 17.4 Å². The summed E-state index contributed by atoms with van der Waals surface area (Å²) in [5, 5.41) is 8.48. The number of carbonyl (C=O) groups is 1. The smallest absolute Gasteiger partial charge is 0.406 e. The van der Waals surface area contributed by atoms with Crippen LogP contribution in [0.1, 0.15) is 75.0 Å². The van der Waals surface area contributed by atoms with E-state index in [4.69, 9.17) is 0 Å². The second-order valence-electron chi connectivity index (χ2n) is 12.7. The molecule has 2 fully saturated rings. The number of amides is 2. The Balaban J connectivity index is 1.14. The monoisotopic (exact) mass is 676 g/mol. The van der Waals surface area contributed by atoms with Gasteiger partial charge in [-0.3, -0.25) is 0 Å². The third kappa shape index (κ3) is 7.53. The van der Waals surface area contributed by atoms with Crippen LogP contribution in [-0.2, 0) is 0 Å². The maximum absolute atomic E-state index is 13.4. The topological polar surface area (TPSA) is 84.6 Å². The Morgan fingerprint density at radius 3 is 2.50 bits per heavy atom. The van der Waals surface area contributed by atoms with E-state index >= 15 is 0 Å². The minimum absolute atomic E-state index is 0.0287. The first kappa shape index (κ1) is 33.6. The van der Waals surface area contributed by atoms with Crippen LogP contribution in [0.25, 0.3) is 17.1 Å². The van der Waals surface area contributed by atoms with Gasteiger partial charge in [-0.1, -0.05) is 68.4 Å². The molecule has 0 spiro atoms. The van der Waals surface area contributed by atoms with Gasteiger partial charge >= 0.3 is 12.4 Å². The molecule has 1 saturated carbocycles. The van der Waals surface area contributed by atoms with Crippen molar-refractivity contribution >= 4 is 28.6 Å². The number of alkyl halides is 3. The van der Waals surface area contributed by atoms with Crippen LogP contribution in [0.15, 0.2) is 78.0 Å². The summed E-state index contributed by atoms with van der Waals surface area (Å²) in [7, 11) is 0. The van der Waals surface area contributed by atoms with Crippen LogP contribution in [0.3, 0.4) is 0 Å². The molecule has 3 aromatic carbocycles. The second kappa shape index (κ2) is 14.0. The van der Waals surface area contributed by atoms with Gasteiger partial charge in [0, 0.05) is 35.0 Å². The van der Waals surface area contributed by atoms with Gasteiger partial charge in [0.1, 0.15) is 12.1 Å². The summed E-state index contributed by atoms with van der Waals surface area (Å²) in [6.45, 7) is 8.75. The van der Waals surface area contributed by atoms with Crippen LogP contribution in [0.4, 0.5) is 23.7 Å². The number of aliphatic imine (C=N–C) groups is 1. The molecule has 0 radical (unpaired) electrons. The number of carbonyl (C=O) groups excluding carboxylic acids is 1. The van der Waals surface area contributed by atoms with Crippen molar-refractivity contribution in [2.75, 3.05) is 10.7 Å². The fraction of sp³-hybridized carbons (Fsp3) is 0.389. The first-order chi connectivity index (χ1) is 23.0. The predicted molar refractivity (Wildman–Crippen MR) is 184 cm³/mol. The highest BCUT2D eigenvalue weighted by Gasteiger charge is 2.33. The summed E-state index contributed by atoms with van der Waals surface area (Å²) in [5.41, 5.74) is 6.14. The quantitative estimate of drug-likeness (QED) is 0.210. The molecule has 3 atom stereocenters. The van der Waals surface area contributed by atoms with Crippen LogP contribution >= 0.6 is 11.8 Å². The number of anilines is 1. The molecule has 48 heavy (non-hydrogen) atoms. The molecule has 4 aromatic rings. The Bertz CT molecular complexity index is 1770. The maximum atomic E-state index is 13.4. The molecule has 2 aliphatic rings. The van der Waals surface area contributed by atoms with Crippen LogP contribution in [-0.4, -0.2) is 50.2 Å². The van der Waals surface area contributed by atoms with Gasteiger partial charge in [0.2, 0.25) is 0 Å². The number of thioether (sulfide) groups is 1. The number of urea groups is 1. The Hall–Kier alpha value is -4.32. The van der Waals surface area contributed by atoms with Gasteiger partial charge in [-0.15, -0.1) is 18.3 Å². The molecule has 6 rings (SSSR count). The highest BCUT2D eigenvalue weighted by molar-refractivity contribution is 8.14. The molecule has 3 unspecified atom stereocenters. The lowest BCUT2D eigenvalue weighted by atomic mass is 9.93. The largest absolute Gasteiger partial charge is 0.573 e. The number of amidine groups is 1. The zero-order chi connectivity index (χ0) is 34.0. The van der Waals surface area contributed by atoms with E-state index < -0.39 is 6.36 Å². The number of hydrogen-bond donors (Lipinski definition) is 1. The summed E-state index contributed by atoms with van der Waals surface area (Å²) < 4.78 is 42.9. The van der Waals surface area contributed by atoms with Gasteiger partial charge in [-0.05, 0) is 86.1 Å². The molecule has 0 bridgehead atoms. The highest BCUT2D eigenvalue weighted by atomic mass is 32.2. The molecule has 1 aliphatic heterocycles. The average Bonchev–Trinajstić information content (AvgIpc) is 3.71. The number of nitrogens with one attached hydrogen (secondary N) is 1. The number of halogens is 3. The summed E-state index contributed by atoms with van der Waals surface area (Å²) in [5.74, 6) is 1.60. The minimum Gasteiger partial charge on any atom is -0.406 e. The zero-order valence-corrected chi connectivity index (χ0v) is 28.2. The predicted octanol–water partition coefficient (Wildman–Crippen LogP) is 9.00. The summed E-state index contributed by atoms with van der Waals surface area (Å²) >= 11 is 1.64. The van der Waals surface area contributed by atoms with E-state index in [-0.39, 0.29) is 29.8 Å². The van der Waals surface area contributed by atoms with E-state index in [0.717, 1.165) is 53.4 Å². The summed E-state index contributed by atoms with van der Waals surface area (Å²) in [6, 6.07) is 19.7. The van der Waals surface area contributed by atoms with E-state index in [1.54, 1.807) is 11.8 Å². The Morgan fingerprint density at radius 1 is 1.04 bits per heavy atom. The van der Waals surface area contributed by atoms with Gasteiger partial charge in [0.05, 0.1) is 5.69 Å². The van der Waals surface area contributed by atoms with E-state index in [2.05, 4.69) is 75.9 Å². The minimum atomic E-state index is -4.75. The third-order valence-electron chi connectivity index (χ3n) is 9.00. The molecule has 252 valence electrons. The molecule has 1 N–H and O–H groups in total. The van der Waals surface area contributed by atoms with Crippen molar-refractivity contribution in [1.82, 2.24) is 20.1 Å². The van der Waals surface area contributed by atoms with Crippen molar-refractivity contribution in [2.24, 2.45) is 4.99 Å². The van der Waals surface area contributed by atoms with E-state index in [9.17, 15) is 18.0 Å². The van der Waals surface area contributed by atoms with Crippen molar-refractivity contribution in [3.8, 4) is 22.8 Å². The number of hydrogen-bond acceptors (Lipinski definition) is 5. The first-order valence-electron chi connectivity index (χ1n) is 16.3. The molecule has 12 heteroatoms. The molecule has 2 amide bonds. The second-order valence-corrected chi connectivity index (χ2v) is 13.7. The molecule has 1 aromatic heterocycles. The van der Waals surface area contributed by atoms with E-state index in [1.165, 1.54) is 46.4 Å². The number of aryl methyl sites for hydroxylation is 1. The fourth-order valence-corrected chi connectivity index (χ4v) is 7.98. The van der Waals surface area contributed by atoms with Gasteiger partial charge < -0.3 is 15.0 Å². The molecule has 2 heterocycles. The fourth-order valence-electron chi connectivity index (χ4n) is 6.77. The van der Waals surface area contributed by atoms with Gasteiger partial charge in [0.25, 0.3) is 0 Å². The molecular weight excluding hydrogens is 637 g/mol. The van der Waals surface area contributed by atoms with Crippen molar-refractivity contribution < 1.29 is 22.7 Å². The lowest BCUT2D eigenvalue weighted by Gasteiger charge is -2.37. The zero-order valence-electron chi connectivity index (χ0n) is 27.4. The Kier molecular flexibility index (Phi) is 9.82.